The van der Waals surface area contributed by atoms with Crippen LogP contribution in [0.4, 0.5) is 0 Å². The number of aryl methyl sites for hydroxylation is 2. The van der Waals surface area contributed by atoms with E-state index in [1.807, 2.05) is 0 Å². The molecule has 3 rings (SSSR count). The molecule has 4 N–H and O–H groups in total. The number of aromatic carboxylic acids is 2. The number of aromatic nitrogens is 5. The Morgan fingerprint density at radius 1 is 0.963 bits per heavy atom. The molecule has 0 aliphatic rings. The molecule has 0 aromatic carbocycles. The molecule has 0 radical (unpaired) electrons. The molecule has 0 bridgehead atoms. The van der Waals surface area contributed by atoms with E-state index in [0.29, 0.717) is 11.2 Å². The van der Waals surface area contributed by atoms with E-state index in [-0.39, 0.29) is 28.1 Å². The molecule has 0 fully saturated rings. The topological polar surface area (TPSA) is 181 Å². The van der Waals surface area contributed by atoms with Gasteiger partial charge >= 0.3 is 17.6 Å². The fraction of sp³-hybridized carbons (Fsp3) is 0.200. The average molecular weight is 379 g/mol. The maximum absolute atomic E-state index is 11.7. The highest BCUT2D eigenvalue weighted by Crippen LogP contribution is 2.02. The summed E-state index contributed by atoms with van der Waals surface area (Å²) in [6.45, 7) is 0. The van der Waals surface area contributed by atoms with Crippen LogP contribution in [0.3, 0.4) is 0 Å². The van der Waals surface area contributed by atoms with Crippen LogP contribution in [-0.2, 0) is 21.1 Å². The molecule has 0 amide bonds. The van der Waals surface area contributed by atoms with Gasteiger partial charge in [-0.05, 0) is 12.1 Å². The molecular weight excluding hydrogens is 362 g/mol. The highest BCUT2D eigenvalue weighted by molar-refractivity contribution is 5.89. The zero-order valence-electron chi connectivity index (χ0n) is 14.6. The van der Waals surface area contributed by atoms with E-state index in [1.54, 1.807) is 18.7 Å². The maximum atomic E-state index is 11.7. The van der Waals surface area contributed by atoms with Crippen molar-refractivity contribution in [3.8, 4) is 0 Å². The van der Waals surface area contributed by atoms with Crippen molar-refractivity contribution >= 4 is 23.1 Å². The van der Waals surface area contributed by atoms with Crippen molar-refractivity contribution in [2.24, 2.45) is 21.1 Å². The summed E-state index contributed by atoms with van der Waals surface area (Å²) in [4.78, 5) is 51.2. The highest BCUT2D eigenvalue weighted by atomic mass is 16.4. The van der Waals surface area contributed by atoms with Gasteiger partial charge in [0.1, 0.15) is 11.4 Å². The van der Waals surface area contributed by atoms with Crippen molar-refractivity contribution in [3.63, 3.8) is 0 Å². The first kappa shape index (κ1) is 21.2. The van der Waals surface area contributed by atoms with E-state index in [9.17, 15) is 19.2 Å². The zero-order chi connectivity index (χ0) is 19.6. The Balaban J connectivity index is 0.000000264. The van der Waals surface area contributed by atoms with Gasteiger partial charge in [0, 0.05) is 21.1 Å². The molecule has 0 atom stereocenters. The summed E-state index contributed by atoms with van der Waals surface area (Å²) >= 11 is 0. The predicted octanol–water partition coefficient (Wildman–Crippen LogP) is -1.38. The minimum absolute atomic E-state index is 0. The fourth-order valence-electron chi connectivity index (χ4n) is 2.14. The second-order valence-electron chi connectivity index (χ2n) is 5.25. The molecule has 3 aromatic heterocycles. The number of hydrogen-bond acceptors (Lipinski definition) is 6. The second kappa shape index (κ2) is 8.05. The first-order valence-corrected chi connectivity index (χ1v) is 7.15. The maximum Gasteiger partial charge on any atom is 0.354 e. The Morgan fingerprint density at radius 2 is 1.48 bits per heavy atom. The number of hydrogen-bond donors (Lipinski definition) is 2. The van der Waals surface area contributed by atoms with Gasteiger partial charge in [-0.25, -0.2) is 24.4 Å². The predicted molar refractivity (Wildman–Crippen MR) is 93.0 cm³/mol. The zero-order valence-corrected chi connectivity index (χ0v) is 14.6. The Kier molecular flexibility index (Phi) is 6.34. The van der Waals surface area contributed by atoms with E-state index in [2.05, 4.69) is 9.97 Å². The van der Waals surface area contributed by atoms with Crippen LogP contribution in [0.2, 0.25) is 0 Å². The number of carboxylic acid groups (broad SMARTS) is 2. The number of fused-ring (bicyclic) bond motifs is 1. The molecule has 0 aliphatic carbocycles. The van der Waals surface area contributed by atoms with Crippen molar-refractivity contribution in [1.29, 1.82) is 0 Å². The van der Waals surface area contributed by atoms with Crippen molar-refractivity contribution in [3.05, 3.63) is 56.8 Å². The third-order valence-electron chi connectivity index (χ3n) is 3.50. The lowest BCUT2D eigenvalue weighted by molar-refractivity contribution is 0.0685. The lowest BCUT2D eigenvalue weighted by Gasteiger charge is -2.02. The van der Waals surface area contributed by atoms with E-state index in [4.69, 9.17) is 10.2 Å². The summed E-state index contributed by atoms with van der Waals surface area (Å²) in [5.41, 5.74) is -0.357. The van der Waals surface area contributed by atoms with Gasteiger partial charge in [0.2, 0.25) is 0 Å². The molecule has 0 aliphatic heterocycles. The molecule has 3 aromatic rings. The Hall–Kier alpha value is -3.80. The third-order valence-corrected chi connectivity index (χ3v) is 3.50. The van der Waals surface area contributed by atoms with Gasteiger partial charge in [-0.2, -0.15) is 0 Å². The van der Waals surface area contributed by atoms with Crippen LogP contribution in [0.25, 0.3) is 11.2 Å². The third kappa shape index (κ3) is 4.07. The number of imidazole rings is 1. The Labute approximate surface area is 150 Å². The first-order chi connectivity index (χ1) is 12.1. The molecule has 3 heterocycles. The molecular formula is C15H17N5O7. The van der Waals surface area contributed by atoms with Crippen LogP contribution in [0, 0.1) is 0 Å². The van der Waals surface area contributed by atoms with E-state index in [1.165, 1.54) is 36.1 Å². The number of rotatable bonds is 2. The van der Waals surface area contributed by atoms with Gasteiger partial charge in [-0.3, -0.25) is 13.9 Å². The smallest absolute Gasteiger partial charge is 0.354 e. The quantitative estimate of drug-likeness (QED) is 0.546. The Morgan fingerprint density at radius 3 is 1.96 bits per heavy atom. The van der Waals surface area contributed by atoms with Crippen LogP contribution in [-0.4, -0.2) is 51.3 Å². The molecule has 12 heteroatoms. The van der Waals surface area contributed by atoms with Crippen LogP contribution in [0.1, 0.15) is 21.0 Å². The monoisotopic (exact) mass is 379 g/mol. The molecule has 0 saturated carbocycles. The molecule has 0 saturated heterocycles. The van der Waals surface area contributed by atoms with Crippen LogP contribution in [0.5, 0.6) is 0 Å². The number of carboxylic acids is 2. The van der Waals surface area contributed by atoms with Crippen LogP contribution < -0.4 is 11.2 Å². The van der Waals surface area contributed by atoms with Crippen molar-refractivity contribution in [2.45, 2.75) is 0 Å². The van der Waals surface area contributed by atoms with Gasteiger partial charge in [-0.1, -0.05) is 6.07 Å². The summed E-state index contributed by atoms with van der Waals surface area (Å²) in [6, 6.07) is 3.80. The van der Waals surface area contributed by atoms with Gasteiger partial charge in [0.05, 0.1) is 6.33 Å². The fourth-order valence-corrected chi connectivity index (χ4v) is 2.14. The van der Waals surface area contributed by atoms with E-state index >= 15 is 0 Å². The largest absolute Gasteiger partial charge is 0.477 e. The summed E-state index contributed by atoms with van der Waals surface area (Å²) in [7, 11) is 4.77. The highest BCUT2D eigenvalue weighted by Gasteiger charge is 2.11. The molecule has 27 heavy (non-hydrogen) atoms. The van der Waals surface area contributed by atoms with E-state index in [0.717, 1.165) is 4.57 Å². The van der Waals surface area contributed by atoms with Crippen molar-refractivity contribution in [2.75, 3.05) is 0 Å². The summed E-state index contributed by atoms with van der Waals surface area (Å²) in [5, 5.41) is 16.9. The SMILES string of the molecule is Cn1c(=O)c2c(ncn2C)n(C)c1=O.O.O=C(O)c1cccc(C(=O)O)n1. The summed E-state index contributed by atoms with van der Waals surface area (Å²) in [5.74, 6) is -2.48. The van der Waals surface area contributed by atoms with Gasteiger partial charge in [-0.15, -0.1) is 0 Å². The molecule has 0 spiro atoms. The van der Waals surface area contributed by atoms with E-state index < -0.39 is 11.9 Å². The number of nitrogens with zero attached hydrogens (tertiary/aromatic N) is 5. The van der Waals surface area contributed by atoms with Crippen LogP contribution in [0.15, 0.2) is 34.1 Å². The summed E-state index contributed by atoms with van der Waals surface area (Å²) < 4.78 is 4.04. The normalized spacial score (nSPS) is 9.89. The number of pyridine rings is 1. The number of carbonyl (C=O) groups is 2. The minimum atomic E-state index is -1.24. The second-order valence-corrected chi connectivity index (χ2v) is 5.25. The Bertz CT molecular complexity index is 1100. The van der Waals surface area contributed by atoms with Crippen molar-refractivity contribution in [1.82, 2.24) is 23.7 Å². The summed E-state index contributed by atoms with van der Waals surface area (Å²) in [6.07, 6.45) is 1.52. The molecule has 12 nitrogen and oxygen atoms in total. The lowest BCUT2D eigenvalue weighted by Crippen LogP contribution is -2.37. The van der Waals surface area contributed by atoms with Crippen molar-refractivity contribution < 1.29 is 25.3 Å². The lowest BCUT2D eigenvalue weighted by atomic mass is 10.3. The minimum Gasteiger partial charge on any atom is -0.477 e. The van der Waals surface area contributed by atoms with Gasteiger partial charge < -0.3 is 20.3 Å². The average Bonchev–Trinajstić information content (AvgIpc) is 3.00. The molecule has 0 unspecified atom stereocenters. The van der Waals surface area contributed by atoms with Gasteiger partial charge in [0.15, 0.2) is 11.2 Å². The first-order valence-electron chi connectivity index (χ1n) is 7.15. The van der Waals surface area contributed by atoms with Gasteiger partial charge in [0.25, 0.3) is 5.56 Å². The standard InChI is InChI=1S/C8H10N4O2.C7H5NO4.H2O/c1-10-4-9-6-5(10)7(13)12(3)8(14)11(6)2;9-6(10)4-2-1-3-5(8-4)7(11)12;/h4H,1-3H3;1-3H,(H,9,10)(H,11,12);1H2. The van der Waals surface area contributed by atoms with Crippen LogP contribution >= 0.6 is 0 Å². The molecule has 144 valence electrons.